The van der Waals surface area contributed by atoms with Crippen molar-refractivity contribution in [2.24, 2.45) is 0 Å². The molecule has 1 rings (SSSR count). The predicted molar refractivity (Wildman–Crippen MR) is 82.1 cm³/mol. The molecule has 1 unspecified atom stereocenters. The molecule has 1 aromatic carbocycles. The third-order valence-corrected chi connectivity index (χ3v) is 4.38. The zero-order valence-corrected chi connectivity index (χ0v) is 14.0. The lowest BCUT2D eigenvalue weighted by Crippen LogP contribution is -2.47. The van der Waals surface area contributed by atoms with Crippen LogP contribution in [0.1, 0.15) is 12.5 Å². The van der Waals surface area contributed by atoms with Crippen molar-refractivity contribution in [1.82, 2.24) is 9.62 Å². The van der Waals surface area contributed by atoms with Crippen LogP contribution in [-0.4, -0.2) is 58.3 Å². The largest absolute Gasteiger partial charge is 0.496 e. The standard InChI is InChI=1S/C14H24N2O4S/c1-11-8-12(6-7-13(11)20-5)21(18,19)15-9-14(2,17)10-16(3)4/h6-8,15,17H,9-10H2,1-5H3. The molecule has 0 heterocycles. The number of ether oxygens (including phenoxy) is 1. The van der Waals surface area contributed by atoms with E-state index >= 15 is 0 Å². The van der Waals surface area contributed by atoms with Gasteiger partial charge in [0.05, 0.1) is 17.6 Å². The van der Waals surface area contributed by atoms with Gasteiger partial charge < -0.3 is 14.7 Å². The highest BCUT2D eigenvalue weighted by atomic mass is 32.2. The zero-order chi connectivity index (χ0) is 16.3. The molecule has 0 amide bonds. The Morgan fingerprint density at radius 3 is 2.48 bits per heavy atom. The minimum atomic E-state index is -3.66. The Labute approximate surface area is 126 Å². The number of nitrogens with zero attached hydrogens (tertiary/aromatic N) is 1. The normalized spacial score (nSPS) is 15.0. The summed E-state index contributed by atoms with van der Waals surface area (Å²) in [5.41, 5.74) is -0.404. The fourth-order valence-corrected chi connectivity index (χ4v) is 3.34. The van der Waals surface area contributed by atoms with E-state index in [1.165, 1.54) is 13.2 Å². The molecule has 2 N–H and O–H groups in total. The molecule has 21 heavy (non-hydrogen) atoms. The van der Waals surface area contributed by atoms with Gasteiger partial charge in [0.25, 0.3) is 0 Å². The van der Waals surface area contributed by atoms with Gasteiger partial charge in [-0.3, -0.25) is 0 Å². The van der Waals surface area contributed by atoms with E-state index < -0.39 is 15.6 Å². The summed E-state index contributed by atoms with van der Waals surface area (Å²) >= 11 is 0. The number of nitrogens with one attached hydrogen (secondary N) is 1. The van der Waals surface area contributed by atoms with E-state index in [0.717, 1.165) is 5.56 Å². The first-order valence-electron chi connectivity index (χ1n) is 6.59. The van der Waals surface area contributed by atoms with Crippen molar-refractivity contribution >= 4 is 10.0 Å². The molecule has 0 aromatic heterocycles. The van der Waals surface area contributed by atoms with Crippen LogP contribution < -0.4 is 9.46 Å². The highest BCUT2D eigenvalue weighted by molar-refractivity contribution is 7.89. The van der Waals surface area contributed by atoms with E-state index in [4.69, 9.17) is 4.74 Å². The van der Waals surface area contributed by atoms with Gasteiger partial charge in [0.1, 0.15) is 5.75 Å². The molecule has 1 aromatic rings. The molecule has 6 nitrogen and oxygen atoms in total. The average Bonchev–Trinajstić information content (AvgIpc) is 2.35. The smallest absolute Gasteiger partial charge is 0.240 e. The number of benzene rings is 1. The summed E-state index contributed by atoms with van der Waals surface area (Å²) < 4.78 is 32.0. The fraction of sp³-hybridized carbons (Fsp3) is 0.571. The molecule has 0 aliphatic carbocycles. The van der Waals surface area contributed by atoms with Crippen molar-refractivity contribution in [3.05, 3.63) is 23.8 Å². The second-order valence-corrected chi connectivity index (χ2v) is 7.46. The first kappa shape index (κ1) is 17.9. The third kappa shape index (κ3) is 5.28. The molecule has 0 aliphatic heterocycles. The van der Waals surface area contributed by atoms with Crippen LogP contribution in [-0.2, 0) is 10.0 Å². The van der Waals surface area contributed by atoms with Crippen molar-refractivity contribution < 1.29 is 18.3 Å². The summed E-state index contributed by atoms with van der Waals surface area (Å²) in [7, 11) is 1.50. The van der Waals surface area contributed by atoms with Gasteiger partial charge in [0.15, 0.2) is 0 Å². The first-order chi connectivity index (χ1) is 9.57. The SMILES string of the molecule is COc1ccc(S(=O)(=O)NCC(C)(O)CN(C)C)cc1C. The molecule has 0 fully saturated rings. The topological polar surface area (TPSA) is 78.9 Å². The van der Waals surface area contributed by atoms with Crippen LogP contribution >= 0.6 is 0 Å². The van der Waals surface area contributed by atoms with Gasteiger partial charge in [-0.25, -0.2) is 13.1 Å². The van der Waals surface area contributed by atoms with Crippen LogP contribution in [0.5, 0.6) is 5.75 Å². The van der Waals surface area contributed by atoms with Crippen molar-refractivity contribution in [3.8, 4) is 5.75 Å². The van der Waals surface area contributed by atoms with Crippen LogP contribution in [0.2, 0.25) is 0 Å². The average molecular weight is 316 g/mol. The van der Waals surface area contributed by atoms with Crippen LogP contribution in [0.4, 0.5) is 0 Å². The quantitative estimate of drug-likeness (QED) is 0.770. The molecular formula is C14H24N2O4S. The number of aliphatic hydroxyl groups is 1. The Balaban J connectivity index is 2.85. The molecule has 1 atom stereocenters. The van der Waals surface area contributed by atoms with Crippen molar-refractivity contribution in [2.75, 3.05) is 34.3 Å². The molecule has 120 valence electrons. The molecule has 0 saturated carbocycles. The Kier molecular flexibility index (Phi) is 5.75. The summed E-state index contributed by atoms with van der Waals surface area (Å²) in [6.07, 6.45) is 0. The Morgan fingerprint density at radius 2 is 2.00 bits per heavy atom. The maximum absolute atomic E-state index is 12.2. The highest BCUT2D eigenvalue weighted by Gasteiger charge is 2.25. The number of methoxy groups -OCH3 is 1. The number of sulfonamides is 1. The van der Waals surface area contributed by atoms with Crippen LogP contribution in [0.3, 0.4) is 0 Å². The van der Waals surface area contributed by atoms with E-state index in [1.54, 1.807) is 30.9 Å². The lowest BCUT2D eigenvalue weighted by molar-refractivity contribution is 0.0386. The zero-order valence-electron chi connectivity index (χ0n) is 13.2. The molecule has 7 heteroatoms. The van der Waals surface area contributed by atoms with Crippen LogP contribution in [0.15, 0.2) is 23.1 Å². The van der Waals surface area contributed by atoms with Crippen molar-refractivity contribution in [3.63, 3.8) is 0 Å². The molecule has 0 bridgehead atoms. The third-order valence-electron chi connectivity index (χ3n) is 2.98. The van der Waals surface area contributed by atoms with E-state index in [0.29, 0.717) is 12.3 Å². The Hall–Kier alpha value is -1.15. The monoisotopic (exact) mass is 316 g/mol. The van der Waals surface area contributed by atoms with E-state index in [9.17, 15) is 13.5 Å². The lowest BCUT2D eigenvalue weighted by atomic mass is 10.1. The Morgan fingerprint density at radius 1 is 1.38 bits per heavy atom. The maximum atomic E-state index is 12.2. The van der Waals surface area contributed by atoms with E-state index in [2.05, 4.69) is 4.72 Å². The van der Waals surface area contributed by atoms with Gasteiger partial charge in [0.2, 0.25) is 10.0 Å². The van der Waals surface area contributed by atoms with Gasteiger partial charge in [-0.1, -0.05) is 0 Å². The second kappa shape index (κ2) is 6.74. The Bertz CT molecular complexity index is 583. The minimum absolute atomic E-state index is 0.0570. The fourth-order valence-electron chi connectivity index (χ4n) is 2.09. The van der Waals surface area contributed by atoms with Gasteiger partial charge >= 0.3 is 0 Å². The summed E-state index contributed by atoms with van der Waals surface area (Å²) in [4.78, 5) is 1.95. The first-order valence-corrected chi connectivity index (χ1v) is 8.07. The van der Waals surface area contributed by atoms with E-state index in [-0.39, 0.29) is 11.4 Å². The number of hydrogen-bond acceptors (Lipinski definition) is 5. The number of aryl methyl sites for hydroxylation is 1. The summed E-state index contributed by atoms with van der Waals surface area (Å²) in [6.45, 7) is 3.67. The summed E-state index contributed by atoms with van der Waals surface area (Å²) in [6, 6.07) is 4.64. The van der Waals surface area contributed by atoms with Gasteiger partial charge in [-0.05, 0) is 51.7 Å². The maximum Gasteiger partial charge on any atom is 0.240 e. The minimum Gasteiger partial charge on any atom is -0.496 e. The van der Waals surface area contributed by atoms with Gasteiger partial charge in [-0.15, -0.1) is 0 Å². The van der Waals surface area contributed by atoms with Crippen molar-refractivity contribution in [1.29, 1.82) is 0 Å². The molecule has 0 radical (unpaired) electrons. The molecule has 0 saturated heterocycles. The highest BCUT2D eigenvalue weighted by Crippen LogP contribution is 2.21. The lowest BCUT2D eigenvalue weighted by Gasteiger charge is -2.27. The van der Waals surface area contributed by atoms with E-state index in [1.807, 2.05) is 14.1 Å². The van der Waals surface area contributed by atoms with Crippen molar-refractivity contribution in [2.45, 2.75) is 24.3 Å². The van der Waals surface area contributed by atoms with Gasteiger partial charge in [-0.2, -0.15) is 0 Å². The number of hydrogen-bond donors (Lipinski definition) is 2. The molecule has 0 spiro atoms. The summed E-state index contributed by atoms with van der Waals surface area (Å²) in [5.74, 6) is 0.633. The van der Waals surface area contributed by atoms with Crippen LogP contribution in [0, 0.1) is 6.92 Å². The molecule has 0 aliphatic rings. The summed E-state index contributed by atoms with van der Waals surface area (Å²) in [5, 5.41) is 10.1. The predicted octanol–water partition coefficient (Wildman–Crippen LogP) is 0.595. The second-order valence-electron chi connectivity index (χ2n) is 5.69. The number of likely N-dealkylation sites (N-methyl/N-ethyl adjacent to an activating group) is 1. The van der Waals surface area contributed by atoms with Crippen LogP contribution in [0.25, 0.3) is 0 Å². The van der Waals surface area contributed by atoms with Gasteiger partial charge in [0, 0.05) is 13.1 Å². The number of rotatable bonds is 7. The molecular weight excluding hydrogens is 292 g/mol.